The number of hydrogen-bond acceptors (Lipinski definition) is 2. The number of nitrogens with two attached hydrogens (primary N) is 1. The molecule has 0 radical (unpaired) electrons. The van der Waals surface area contributed by atoms with Gasteiger partial charge in [-0.15, -0.1) is 0 Å². The Kier molecular flexibility index (Phi) is 4.54. The first kappa shape index (κ1) is 14.8. The van der Waals surface area contributed by atoms with E-state index in [1.165, 1.54) is 6.42 Å². The Morgan fingerprint density at radius 3 is 2.16 bits per heavy atom. The van der Waals surface area contributed by atoms with Crippen LogP contribution < -0.4 is 5.73 Å². The second kappa shape index (κ2) is 5.82. The van der Waals surface area contributed by atoms with Gasteiger partial charge in [0.2, 0.25) is 5.91 Å². The summed E-state index contributed by atoms with van der Waals surface area (Å²) in [5.74, 6) is 1.54. The Bertz CT molecular complexity index is 321. The van der Waals surface area contributed by atoms with Gasteiger partial charge in [0, 0.05) is 24.0 Å². The van der Waals surface area contributed by atoms with Gasteiger partial charge >= 0.3 is 0 Å². The van der Waals surface area contributed by atoms with Crippen molar-refractivity contribution in [1.82, 2.24) is 4.90 Å². The Labute approximate surface area is 117 Å². The van der Waals surface area contributed by atoms with Gasteiger partial charge in [0.25, 0.3) is 0 Å². The van der Waals surface area contributed by atoms with E-state index >= 15 is 0 Å². The van der Waals surface area contributed by atoms with Crippen LogP contribution in [0.25, 0.3) is 0 Å². The summed E-state index contributed by atoms with van der Waals surface area (Å²) in [7, 11) is 0. The molecule has 0 aromatic carbocycles. The topological polar surface area (TPSA) is 46.3 Å². The van der Waals surface area contributed by atoms with Crippen LogP contribution in [-0.4, -0.2) is 28.9 Å². The highest BCUT2D eigenvalue weighted by Gasteiger charge is 2.40. The molecule has 3 heteroatoms. The normalized spacial score (nSPS) is 44.2. The number of piperidine rings is 1. The zero-order valence-corrected chi connectivity index (χ0v) is 12.9. The average molecular weight is 266 g/mol. The maximum absolute atomic E-state index is 12.9. The standard InChI is InChI=1S/C16H30N2O/c1-10-8-11(2)15(17)9-14(10)16(19)18-12(3)6-5-7-13(18)4/h10-15H,5-9,17H2,1-4H3/t10?,11?,12-,13+,14?,15?. The number of rotatable bonds is 1. The van der Waals surface area contributed by atoms with Crippen molar-refractivity contribution < 1.29 is 4.79 Å². The van der Waals surface area contributed by atoms with Crippen molar-refractivity contribution in [2.45, 2.75) is 77.9 Å². The molecule has 110 valence electrons. The zero-order chi connectivity index (χ0) is 14.2. The summed E-state index contributed by atoms with van der Waals surface area (Å²) in [6.45, 7) is 8.84. The zero-order valence-electron chi connectivity index (χ0n) is 12.9. The number of hydrogen-bond donors (Lipinski definition) is 1. The van der Waals surface area contributed by atoms with Crippen LogP contribution in [0.5, 0.6) is 0 Å². The lowest BCUT2D eigenvalue weighted by Crippen LogP contribution is -2.53. The van der Waals surface area contributed by atoms with Crippen molar-refractivity contribution in [1.29, 1.82) is 0 Å². The molecule has 1 amide bonds. The molecule has 0 aromatic heterocycles. The van der Waals surface area contributed by atoms with Crippen LogP contribution in [-0.2, 0) is 4.79 Å². The summed E-state index contributed by atoms with van der Waals surface area (Å²) in [5.41, 5.74) is 6.20. The van der Waals surface area contributed by atoms with E-state index < -0.39 is 0 Å². The largest absolute Gasteiger partial charge is 0.337 e. The van der Waals surface area contributed by atoms with E-state index in [2.05, 4.69) is 32.6 Å². The molecule has 2 N–H and O–H groups in total. The highest BCUT2D eigenvalue weighted by molar-refractivity contribution is 5.80. The van der Waals surface area contributed by atoms with Crippen LogP contribution >= 0.6 is 0 Å². The average Bonchev–Trinajstić information content (AvgIpc) is 2.33. The number of carbonyl (C=O) groups is 1. The molecule has 0 bridgehead atoms. The third-order valence-corrected chi connectivity index (χ3v) is 5.45. The molecule has 6 atom stereocenters. The van der Waals surface area contributed by atoms with Gasteiger partial charge in [0.1, 0.15) is 0 Å². The van der Waals surface area contributed by atoms with E-state index in [0.717, 1.165) is 25.7 Å². The second-order valence-corrected chi connectivity index (χ2v) is 7.07. The van der Waals surface area contributed by atoms with Gasteiger partial charge in [0.15, 0.2) is 0 Å². The minimum Gasteiger partial charge on any atom is -0.337 e. The molecule has 1 heterocycles. The lowest BCUT2D eigenvalue weighted by Gasteiger charge is -2.44. The lowest BCUT2D eigenvalue weighted by atomic mass is 9.72. The Hall–Kier alpha value is -0.570. The summed E-state index contributed by atoms with van der Waals surface area (Å²) >= 11 is 0. The minimum absolute atomic E-state index is 0.147. The predicted molar refractivity (Wildman–Crippen MR) is 78.6 cm³/mol. The lowest BCUT2D eigenvalue weighted by molar-refractivity contribution is -0.145. The molecular formula is C16H30N2O. The number of likely N-dealkylation sites (tertiary alicyclic amines) is 1. The Morgan fingerprint density at radius 2 is 1.58 bits per heavy atom. The van der Waals surface area contributed by atoms with E-state index in [0.29, 0.717) is 29.8 Å². The Morgan fingerprint density at radius 1 is 1.00 bits per heavy atom. The summed E-state index contributed by atoms with van der Waals surface area (Å²) in [5, 5.41) is 0. The van der Waals surface area contributed by atoms with Gasteiger partial charge in [-0.3, -0.25) is 4.79 Å². The highest BCUT2D eigenvalue weighted by atomic mass is 16.2. The molecule has 0 spiro atoms. The smallest absolute Gasteiger partial charge is 0.226 e. The van der Waals surface area contributed by atoms with E-state index in [-0.39, 0.29) is 12.0 Å². The summed E-state index contributed by atoms with van der Waals surface area (Å²) in [6, 6.07) is 0.999. The van der Waals surface area contributed by atoms with E-state index in [4.69, 9.17) is 5.73 Å². The van der Waals surface area contributed by atoms with Crippen molar-refractivity contribution in [3.63, 3.8) is 0 Å². The first-order chi connectivity index (χ1) is 8.91. The predicted octanol–water partition coefficient (Wildman–Crippen LogP) is 2.79. The fourth-order valence-corrected chi connectivity index (χ4v) is 4.07. The van der Waals surface area contributed by atoms with Gasteiger partial charge in [-0.2, -0.15) is 0 Å². The van der Waals surface area contributed by atoms with E-state index in [1.54, 1.807) is 0 Å². The first-order valence-electron chi connectivity index (χ1n) is 7.99. The maximum Gasteiger partial charge on any atom is 0.226 e. The fourth-order valence-electron chi connectivity index (χ4n) is 4.07. The van der Waals surface area contributed by atoms with Crippen molar-refractivity contribution in [2.75, 3.05) is 0 Å². The molecule has 1 saturated heterocycles. The minimum atomic E-state index is 0.147. The van der Waals surface area contributed by atoms with Crippen LogP contribution in [0.15, 0.2) is 0 Å². The van der Waals surface area contributed by atoms with Crippen molar-refractivity contribution in [2.24, 2.45) is 23.5 Å². The molecule has 19 heavy (non-hydrogen) atoms. The molecule has 2 rings (SSSR count). The third-order valence-electron chi connectivity index (χ3n) is 5.45. The van der Waals surface area contributed by atoms with Crippen molar-refractivity contribution in [3.8, 4) is 0 Å². The molecule has 1 aliphatic carbocycles. The van der Waals surface area contributed by atoms with Crippen LogP contribution in [0.1, 0.15) is 59.8 Å². The quantitative estimate of drug-likeness (QED) is 0.793. The first-order valence-corrected chi connectivity index (χ1v) is 7.99. The van der Waals surface area contributed by atoms with Gasteiger partial charge in [-0.1, -0.05) is 13.8 Å². The molecular weight excluding hydrogens is 236 g/mol. The maximum atomic E-state index is 12.9. The molecule has 2 aliphatic rings. The summed E-state index contributed by atoms with van der Waals surface area (Å²) < 4.78 is 0. The van der Waals surface area contributed by atoms with E-state index in [9.17, 15) is 4.79 Å². The SMILES string of the molecule is CC1CC(C)C(C(=O)N2[C@H](C)CCC[C@@H]2C)CC1N. The van der Waals surface area contributed by atoms with Gasteiger partial charge in [-0.25, -0.2) is 0 Å². The molecule has 1 saturated carbocycles. The van der Waals surface area contributed by atoms with Gasteiger partial charge in [0.05, 0.1) is 0 Å². The molecule has 0 aromatic rings. The molecule has 1 aliphatic heterocycles. The highest BCUT2D eigenvalue weighted by Crippen LogP contribution is 2.36. The monoisotopic (exact) mass is 266 g/mol. The van der Waals surface area contributed by atoms with Gasteiger partial charge in [-0.05, 0) is 57.8 Å². The number of amides is 1. The van der Waals surface area contributed by atoms with Crippen LogP contribution in [0.4, 0.5) is 0 Å². The molecule has 2 fully saturated rings. The van der Waals surface area contributed by atoms with Crippen molar-refractivity contribution in [3.05, 3.63) is 0 Å². The molecule has 4 unspecified atom stereocenters. The number of carbonyl (C=O) groups excluding carboxylic acids is 1. The van der Waals surface area contributed by atoms with Crippen LogP contribution in [0.2, 0.25) is 0 Å². The van der Waals surface area contributed by atoms with Crippen LogP contribution in [0.3, 0.4) is 0 Å². The second-order valence-electron chi connectivity index (χ2n) is 7.07. The summed E-state index contributed by atoms with van der Waals surface area (Å²) in [4.78, 5) is 15.1. The van der Waals surface area contributed by atoms with E-state index in [1.807, 2.05) is 0 Å². The Balaban J connectivity index is 2.09. The molecule has 3 nitrogen and oxygen atoms in total. The van der Waals surface area contributed by atoms with Gasteiger partial charge < -0.3 is 10.6 Å². The third kappa shape index (κ3) is 2.96. The van der Waals surface area contributed by atoms with Crippen molar-refractivity contribution >= 4 is 5.91 Å². The fraction of sp³-hybridized carbons (Fsp3) is 0.938. The summed E-state index contributed by atoms with van der Waals surface area (Å²) in [6.07, 6.45) is 5.52. The number of nitrogens with zero attached hydrogens (tertiary/aromatic N) is 1. The van der Waals surface area contributed by atoms with Crippen LogP contribution in [0, 0.1) is 17.8 Å².